The van der Waals surface area contributed by atoms with Gasteiger partial charge in [-0.1, -0.05) is 0 Å². The minimum Gasteiger partial charge on any atom is -0.221 e. The van der Waals surface area contributed by atoms with Crippen LogP contribution in [0, 0.1) is 4.61 Å². The highest BCUT2D eigenvalue weighted by atomic mass is 127. The Bertz CT molecular complexity index is 87.3. The Hall–Kier alpha value is 0.680. The molecule has 0 heterocycles. The van der Waals surface area contributed by atoms with E-state index in [9.17, 15) is 4.53 Å². The maximum absolute atomic E-state index is 10.6. The van der Waals surface area contributed by atoms with E-state index in [-0.39, 0.29) is 5.94 Å². The lowest BCUT2D eigenvalue weighted by Crippen LogP contribution is -1.67. The average Bonchev–Trinajstić information content (AvgIpc) is 1.35. The van der Waals surface area contributed by atoms with Crippen molar-refractivity contribution in [2.45, 2.75) is 0 Å². The van der Waals surface area contributed by atoms with Crippen molar-refractivity contribution in [2.75, 3.05) is 5.94 Å². The summed E-state index contributed by atoms with van der Waals surface area (Å²) in [5.41, 5.74) is 0. The van der Waals surface area contributed by atoms with Gasteiger partial charge in [-0.25, -0.2) is 4.61 Å². The summed E-state index contributed by atoms with van der Waals surface area (Å²) in [6.07, 6.45) is 0. The highest BCUT2D eigenvalue weighted by Gasteiger charge is 1.80. The van der Waals surface area contributed by atoms with Crippen molar-refractivity contribution < 1.29 is 9.47 Å². The standard InChI is InChI=1S/CH3FINOS/c2-5-1-6(3)4/h6H,1H2. The fourth-order valence-electron chi connectivity index (χ4n) is 0.0403. The van der Waals surface area contributed by atoms with E-state index in [0.717, 1.165) is 0 Å². The Morgan fingerprint density at radius 1 is 2.00 bits per heavy atom. The Balaban J connectivity index is 2.91. The minimum atomic E-state index is -1.23. The van der Waals surface area contributed by atoms with Crippen molar-refractivity contribution in [3.63, 3.8) is 0 Å². The molecular formula is CH3FINOS. The van der Waals surface area contributed by atoms with E-state index in [1.165, 1.54) is 0 Å². The van der Waals surface area contributed by atoms with Crippen LogP contribution in [0.15, 0.2) is 0 Å². The fourth-order valence-corrected chi connectivity index (χ4v) is 0.437. The van der Waals surface area contributed by atoms with E-state index in [1.807, 2.05) is 0 Å². The lowest BCUT2D eigenvalue weighted by molar-refractivity contribution is -0.106. The van der Waals surface area contributed by atoms with Gasteiger partial charge in [0.2, 0.25) is 0 Å². The van der Waals surface area contributed by atoms with E-state index < -0.39 is 7.70 Å². The van der Waals surface area contributed by atoms with Gasteiger partial charge in [0, 0.05) is 28.9 Å². The van der Waals surface area contributed by atoms with Gasteiger partial charge in [-0.05, 0) is 4.53 Å². The minimum absolute atomic E-state index is 0.185. The summed E-state index contributed by atoms with van der Waals surface area (Å²) < 4.78 is 18.8. The largest absolute Gasteiger partial charge is 0.221 e. The maximum atomic E-state index is 10.6. The topological polar surface area (TPSA) is 33.0 Å². The van der Waals surface area contributed by atoms with Crippen molar-refractivity contribution >= 4 is 28.9 Å². The quantitative estimate of drug-likeness (QED) is 0.541. The molecule has 0 radical (unpaired) electrons. The Morgan fingerprint density at radius 3 is 2.50 bits per heavy atom. The van der Waals surface area contributed by atoms with Crippen molar-refractivity contribution in [1.29, 1.82) is 4.61 Å². The zero-order valence-electron chi connectivity index (χ0n) is 2.77. The molecule has 1 unspecified atom stereocenters. The predicted octanol–water partition coefficient (Wildman–Crippen LogP) is 1.68. The van der Waals surface area contributed by atoms with Gasteiger partial charge in [-0.3, -0.25) is 0 Å². The summed E-state index contributed by atoms with van der Waals surface area (Å²) in [6, 6.07) is 0. The predicted molar refractivity (Wildman–Crippen MR) is 31.8 cm³/mol. The van der Waals surface area contributed by atoms with Crippen LogP contribution in [0.3, 0.4) is 0 Å². The smallest absolute Gasteiger partial charge is 0.153 e. The van der Waals surface area contributed by atoms with Crippen LogP contribution < -0.4 is 0 Å². The molecule has 0 aliphatic carbocycles. The molecular weight excluding hydrogens is 220 g/mol. The molecule has 0 aromatic heterocycles. The number of nitrogens with zero attached hydrogens (tertiary/aromatic N) is 1. The van der Waals surface area contributed by atoms with Gasteiger partial charge in [0.1, 0.15) is 0 Å². The van der Waals surface area contributed by atoms with Gasteiger partial charge in [-0.2, -0.15) is 4.94 Å². The first-order chi connectivity index (χ1) is 2.77. The van der Waals surface area contributed by atoms with Gasteiger partial charge in [0.15, 0.2) is 5.94 Å². The zero-order chi connectivity index (χ0) is 4.99. The second-order valence-corrected chi connectivity index (χ2v) is 4.85. The number of hydrogen-bond donors (Lipinski definition) is 1. The molecule has 0 N–H and O–H groups in total. The van der Waals surface area contributed by atoms with Gasteiger partial charge in [0.05, 0.1) is 0 Å². The molecule has 0 aliphatic heterocycles. The number of thiol groups is 1. The van der Waals surface area contributed by atoms with Crippen molar-refractivity contribution in [3.05, 3.63) is 0 Å². The maximum Gasteiger partial charge on any atom is 0.153 e. The van der Waals surface area contributed by atoms with Gasteiger partial charge >= 0.3 is 0 Å². The van der Waals surface area contributed by atoms with Crippen LogP contribution in [0.2, 0.25) is 0 Å². The Morgan fingerprint density at radius 2 is 2.50 bits per heavy atom. The second kappa shape index (κ2) is 3.86. The van der Waals surface area contributed by atoms with Gasteiger partial charge < -0.3 is 0 Å². The van der Waals surface area contributed by atoms with Crippen LogP contribution in [-0.4, -0.2) is 5.94 Å². The van der Waals surface area contributed by atoms with Crippen LogP contribution in [0.5, 0.6) is 0 Å². The molecule has 6 heavy (non-hydrogen) atoms. The average molecular weight is 223 g/mol. The third-order valence-corrected chi connectivity index (χ3v) is 1.30. The molecule has 0 rings (SSSR count). The molecule has 0 aliphatic rings. The van der Waals surface area contributed by atoms with E-state index >= 15 is 0 Å². The molecule has 38 valence electrons. The van der Waals surface area contributed by atoms with E-state index in [4.69, 9.17) is 4.61 Å². The van der Waals surface area contributed by atoms with Crippen LogP contribution in [0.1, 0.15) is 0 Å². The number of rotatable bonds is 1. The first-order valence-corrected chi connectivity index (χ1v) is 5.39. The summed E-state index contributed by atoms with van der Waals surface area (Å²) in [7, 11) is -1.23. The number of halogens is 2. The number of hydrogen-bond acceptors (Lipinski definition) is 2. The highest BCUT2D eigenvalue weighted by Crippen LogP contribution is 2.16. The van der Waals surface area contributed by atoms with Crippen LogP contribution in [-0.2, 0) is 4.94 Å². The van der Waals surface area contributed by atoms with Crippen molar-refractivity contribution in [1.82, 2.24) is 0 Å². The van der Waals surface area contributed by atoms with Crippen LogP contribution in [0.4, 0.5) is 4.53 Å². The molecule has 0 saturated carbocycles. The van der Waals surface area contributed by atoms with Gasteiger partial charge in [0.25, 0.3) is 0 Å². The summed E-state index contributed by atoms with van der Waals surface area (Å²) in [5, 5.41) is 0. The molecule has 0 amide bonds. The molecule has 0 saturated heterocycles. The van der Waals surface area contributed by atoms with E-state index in [0.29, 0.717) is 0 Å². The summed E-state index contributed by atoms with van der Waals surface area (Å²) >= 11 is 1.70. The molecule has 0 bridgehead atoms. The van der Waals surface area contributed by atoms with E-state index in [2.05, 4.69) is 4.94 Å². The molecule has 0 spiro atoms. The second-order valence-electron chi connectivity index (χ2n) is 0.575. The molecule has 0 fully saturated rings. The molecule has 2 nitrogen and oxygen atoms in total. The van der Waals surface area contributed by atoms with Crippen LogP contribution in [0.25, 0.3) is 0 Å². The molecule has 5 heteroatoms. The fraction of sp³-hybridized carbons (Fsp3) is 1.00. The monoisotopic (exact) mass is 223 g/mol. The van der Waals surface area contributed by atoms with Crippen molar-refractivity contribution in [3.8, 4) is 0 Å². The summed E-state index contributed by atoms with van der Waals surface area (Å²) in [4.78, 5) is 3.07. The van der Waals surface area contributed by atoms with E-state index in [1.54, 1.807) is 21.2 Å². The molecule has 0 aromatic rings. The molecule has 0 aromatic carbocycles. The Labute approximate surface area is 49.1 Å². The lowest BCUT2D eigenvalue weighted by atomic mass is 11.7. The van der Waals surface area contributed by atoms with Crippen molar-refractivity contribution in [2.24, 2.45) is 0 Å². The highest BCUT2D eigenvalue weighted by molar-refractivity contribution is 14.2. The van der Waals surface area contributed by atoms with Gasteiger partial charge in [-0.15, -0.1) is 0 Å². The molecule has 1 atom stereocenters. The Kier molecular flexibility index (Phi) is 4.29. The van der Waals surface area contributed by atoms with Crippen LogP contribution >= 0.6 is 28.9 Å². The third kappa shape index (κ3) is 4.68. The third-order valence-electron chi connectivity index (χ3n) is 0.155. The first-order valence-electron chi connectivity index (χ1n) is 1.13. The summed E-state index contributed by atoms with van der Waals surface area (Å²) in [5.74, 6) is -0.185. The lowest BCUT2D eigenvalue weighted by Gasteiger charge is -1.79. The summed E-state index contributed by atoms with van der Waals surface area (Å²) in [6.45, 7) is 0. The first kappa shape index (κ1) is 6.68. The zero-order valence-corrected chi connectivity index (χ0v) is 5.82. The normalized spacial score (nSPS) is 14.2. The SMILES string of the molecule is N#[SH](I)COF.